The Hall–Kier alpha value is -0.910. The molecule has 0 aliphatic carbocycles. The van der Waals surface area contributed by atoms with E-state index in [0.29, 0.717) is 0 Å². The Bertz CT molecular complexity index is 434. The van der Waals surface area contributed by atoms with Gasteiger partial charge in [0, 0.05) is 7.11 Å². The van der Waals surface area contributed by atoms with Gasteiger partial charge in [0.2, 0.25) is 10.0 Å². The van der Waals surface area contributed by atoms with E-state index in [2.05, 4.69) is 0 Å². The van der Waals surface area contributed by atoms with Gasteiger partial charge in [0.15, 0.2) is 0 Å². The Balaban J connectivity index is 3.12. The summed E-state index contributed by atoms with van der Waals surface area (Å²) in [6.45, 7) is 3.80. The molecular formula is C10H15NO3S. The first-order valence-corrected chi connectivity index (χ1v) is 6.00. The summed E-state index contributed by atoms with van der Waals surface area (Å²) in [5.74, 6) is 0. The third-order valence-corrected chi connectivity index (χ3v) is 3.32. The summed E-state index contributed by atoms with van der Waals surface area (Å²) in [5.41, 5.74) is 0.467. The molecule has 0 saturated heterocycles. The highest BCUT2D eigenvalue weighted by Gasteiger charge is 2.19. The van der Waals surface area contributed by atoms with Gasteiger partial charge in [-0.1, -0.05) is 12.1 Å². The SMILES string of the molecule is COC(C)(C)c1ccc(S(N)(=O)=O)cc1. The van der Waals surface area contributed by atoms with Gasteiger partial charge in [-0.3, -0.25) is 0 Å². The maximum Gasteiger partial charge on any atom is 0.238 e. The van der Waals surface area contributed by atoms with E-state index in [9.17, 15) is 8.42 Å². The molecule has 84 valence electrons. The minimum Gasteiger partial charge on any atom is -0.374 e. The zero-order valence-electron chi connectivity index (χ0n) is 9.02. The van der Waals surface area contributed by atoms with Crippen molar-refractivity contribution in [3.8, 4) is 0 Å². The summed E-state index contributed by atoms with van der Waals surface area (Å²) in [5, 5.41) is 4.99. The Morgan fingerprint density at radius 1 is 1.20 bits per heavy atom. The normalized spacial score (nSPS) is 12.8. The molecule has 1 aromatic carbocycles. The van der Waals surface area contributed by atoms with Gasteiger partial charge >= 0.3 is 0 Å². The largest absolute Gasteiger partial charge is 0.374 e. The Labute approximate surface area is 90.1 Å². The van der Waals surface area contributed by atoms with Crippen molar-refractivity contribution >= 4 is 10.0 Å². The molecule has 1 aromatic rings. The van der Waals surface area contributed by atoms with Crippen LogP contribution in [0.25, 0.3) is 0 Å². The van der Waals surface area contributed by atoms with Crippen molar-refractivity contribution in [3.05, 3.63) is 29.8 Å². The number of methoxy groups -OCH3 is 1. The molecule has 0 unspecified atom stereocenters. The van der Waals surface area contributed by atoms with Crippen LogP contribution in [0.4, 0.5) is 0 Å². The van der Waals surface area contributed by atoms with Crippen LogP contribution in [0.5, 0.6) is 0 Å². The van der Waals surface area contributed by atoms with Crippen LogP contribution in [0.2, 0.25) is 0 Å². The lowest BCUT2D eigenvalue weighted by atomic mass is 9.98. The maximum atomic E-state index is 11.0. The lowest BCUT2D eigenvalue weighted by Gasteiger charge is -2.23. The molecule has 0 bridgehead atoms. The molecule has 5 heteroatoms. The van der Waals surface area contributed by atoms with Crippen molar-refractivity contribution in [3.63, 3.8) is 0 Å². The topological polar surface area (TPSA) is 69.4 Å². The summed E-state index contributed by atoms with van der Waals surface area (Å²) < 4.78 is 27.3. The maximum absolute atomic E-state index is 11.0. The summed E-state index contributed by atoms with van der Waals surface area (Å²) in [7, 11) is -2.01. The van der Waals surface area contributed by atoms with Gasteiger partial charge in [-0.2, -0.15) is 0 Å². The van der Waals surface area contributed by atoms with Gasteiger partial charge < -0.3 is 4.74 Å². The van der Waals surface area contributed by atoms with E-state index < -0.39 is 15.6 Å². The average Bonchev–Trinajstić information content (AvgIpc) is 2.17. The molecule has 0 aromatic heterocycles. The molecule has 0 amide bonds. The lowest BCUT2D eigenvalue weighted by molar-refractivity contribution is 0.0192. The number of hydrogen-bond donors (Lipinski definition) is 1. The molecule has 2 N–H and O–H groups in total. The number of nitrogens with two attached hydrogens (primary N) is 1. The highest BCUT2D eigenvalue weighted by atomic mass is 32.2. The summed E-state index contributed by atoms with van der Waals surface area (Å²) in [4.78, 5) is 0.109. The second-order valence-electron chi connectivity index (χ2n) is 3.78. The fourth-order valence-electron chi connectivity index (χ4n) is 1.16. The highest BCUT2D eigenvalue weighted by Crippen LogP contribution is 2.24. The first-order chi connectivity index (χ1) is 6.77. The third kappa shape index (κ3) is 2.77. The van der Waals surface area contributed by atoms with Crippen molar-refractivity contribution < 1.29 is 13.2 Å². The third-order valence-electron chi connectivity index (χ3n) is 2.39. The fourth-order valence-corrected chi connectivity index (χ4v) is 1.68. The molecule has 0 aliphatic heterocycles. The van der Waals surface area contributed by atoms with Gasteiger partial charge in [-0.05, 0) is 31.5 Å². The van der Waals surface area contributed by atoms with Crippen LogP contribution >= 0.6 is 0 Å². The molecule has 0 heterocycles. The zero-order valence-corrected chi connectivity index (χ0v) is 9.84. The van der Waals surface area contributed by atoms with Crippen LogP contribution in [0.1, 0.15) is 19.4 Å². The fraction of sp³-hybridized carbons (Fsp3) is 0.400. The monoisotopic (exact) mass is 229 g/mol. The van der Waals surface area contributed by atoms with E-state index in [1.54, 1.807) is 19.2 Å². The van der Waals surface area contributed by atoms with Crippen molar-refractivity contribution in [1.82, 2.24) is 0 Å². The van der Waals surface area contributed by atoms with E-state index in [0.717, 1.165) is 5.56 Å². The molecule has 4 nitrogen and oxygen atoms in total. The Morgan fingerprint density at radius 2 is 1.67 bits per heavy atom. The number of hydrogen-bond acceptors (Lipinski definition) is 3. The number of benzene rings is 1. The van der Waals surface area contributed by atoms with Crippen LogP contribution in [0.3, 0.4) is 0 Å². The highest BCUT2D eigenvalue weighted by molar-refractivity contribution is 7.89. The summed E-state index contributed by atoms with van der Waals surface area (Å²) in [6.07, 6.45) is 0. The van der Waals surface area contributed by atoms with E-state index in [1.807, 2.05) is 13.8 Å². The van der Waals surface area contributed by atoms with Crippen LogP contribution in [0, 0.1) is 0 Å². The number of primary sulfonamides is 1. The molecule has 0 radical (unpaired) electrons. The zero-order chi connectivity index (χ0) is 11.7. The lowest BCUT2D eigenvalue weighted by Crippen LogP contribution is -2.19. The van der Waals surface area contributed by atoms with Gasteiger partial charge in [0.05, 0.1) is 10.5 Å². The van der Waals surface area contributed by atoms with Crippen LogP contribution in [-0.2, 0) is 20.4 Å². The molecule has 15 heavy (non-hydrogen) atoms. The predicted octanol–water partition coefficient (Wildman–Crippen LogP) is 1.22. The Kier molecular flexibility index (Phi) is 3.18. The molecule has 0 atom stereocenters. The summed E-state index contributed by atoms with van der Waals surface area (Å²) >= 11 is 0. The van der Waals surface area contributed by atoms with Crippen LogP contribution in [0.15, 0.2) is 29.2 Å². The molecule has 1 rings (SSSR count). The predicted molar refractivity (Wildman–Crippen MR) is 57.9 cm³/mol. The second kappa shape index (κ2) is 3.92. The standard InChI is InChI=1S/C10H15NO3S/c1-10(2,14-3)8-4-6-9(7-5-8)15(11,12)13/h4-7H,1-3H3,(H2,11,12,13). The van der Waals surface area contributed by atoms with E-state index >= 15 is 0 Å². The van der Waals surface area contributed by atoms with Gasteiger partial charge in [0.25, 0.3) is 0 Å². The van der Waals surface area contributed by atoms with E-state index in [1.165, 1.54) is 12.1 Å². The minimum atomic E-state index is -3.61. The molecular weight excluding hydrogens is 214 g/mol. The first-order valence-electron chi connectivity index (χ1n) is 4.46. The number of rotatable bonds is 3. The van der Waals surface area contributed by atoms with Gasteiger partial charge in [-0.25, -0.2) is 13.6 Å². The van der Waals surface area contributed by atoms with Gasteiger partial charge in [-0.15, -0.1) is 0 Å². The molecule has 0 aliphatic rings. The van der Waals surface area contributed by atoms with Gasteiger partial charge in [0.1, 0.15) is 0 Å². The van der Waals surface area contributed by atoms with E-state index in [4.69, 9.17) is 9.88 Å². The van der Waals surface area contributed by atoms with Crippen LogP contribution in [-0.4, -0.2) is 15.5 Å². The van der Waals surface area contributed by atoms with Crippen molar-refractivity contribution in [2.45, 2.75) is 24.3 Å². The molecule has 0 saturated carbocycles. The van der Waals surface area contributed by atoms with Crippen molar-refractivity contribution in [2.75, 3.05) is 7.11 Å². The van der Waals surface area contributed by atoms with Crippen LogP contribution < -0.4 is 5.14 Å². The minimum absolute atomic E-state index is 0.109. The number of ether oxygens (including phenoxy) is 1. The average molecular weight is 229 g/mol. The Morgan fingerprint density at radius 3 is 2.00 bits per heavy atom. The van der Waals surface area contributed by atoms with Crippen molar-refractivity contribution in [1.29, 1.82) is 0 Å². The van der Waals surface area contributed by atoms with Crippen molar-refractivity contribution in [2.24, 2.45) is 5.14 Å². The second-order valence-corrected chi connectivity index (χ2v) is 5.35. The molecule has 0 fully saturated rings. The molecule has 0 spiro atoms. The van der Waals surface area contributed by atoms with E-state index in [-0.39, 0.29) is 4.90 Å². The quantitative estimate of drug-likeness (QED) is 0.847. The smallest absolute Gasteiger partial charge is 0.238 e. The first kappa shape index (κ1) is 12.2. The summed E-state index contributed by atoms with van der Waals surface area (Å²) in [6, 6.07) is 6.35. The number of sulfonamides is 1.